The lowest BCUT2D eigenvalue weighted by Gasteiger charge is -2.10. The normalized spacial score (nSPS) is 13.9. The number of carbonyl (C=O) groups is 1. The lowest BCUT2D eigenvalue weighted by Crippen LogP contribution is -2.17. The molecule has 1 saturated carbocycles. The van der Waals surface area contributed by atoms with Gasteiger partial charge in [0.2, 0.25) is 11.1 Å². The molecule has 2 heterocycles. The van der Waals surface area contributed by atoms with Crippen molar-refractivity contribution in [3.63, 3.8) is 0 Å². The van der Waals surface area contributed by atoms with Crippen LogP contribution in [0.5, 0.6) is 5.75 Å². The van der Waals surface area contributed by atoms with Crippen LogP contribution in [0.4, 0.5) is 19.1 Å². The molecule has 0 spiro atoms. The summed E-state index contributed by atoms with van der Waals surface area (Å²) in [6.07, 6.45) is -0.756. The van der Waals surface area contributed by atoms with Crippen LogP contribution in [-0.4, -0.2) is 46.5 Å². The Morgan fingerprint density at radius 1 is 1.32 bits per heavy atom. The Labute approximate surface area is 197 Å². The molecule has 4 rings (SSSR count). The Hall–Kier alpha value is -3.50. The summed E-state index contributed by atoms with van der Waals surface area (Å²) in [5, 5.41) is 19.8. The summed E-state index contributed by atoms with van der Waals surface area (Å²) in [4.78, 5) is 19.7. The standard InChI is InChI=1S/C11H9F3O2.C10H13N7S/c12-11(13,14)16-10-4-7(6-15)3-9(5-10)8-1-2-8;1-6(12-2)8-15-9(13-3)16-17(8)10-14-5-7(4-11)18-10/h3-6,8H,1-2H2;5-6,12H,1-3H3,(H,13,16)/t;6-/m.0/s1. The molecule has 1 aromatic carbocycles. The lowest BCUT2D eigenvalue weighted by molar-refractivity contribution is -0.274. The van der Waals surface area contributed by atoms with Crippen LogP contribution >= 0.6 is 11.3 Å². The molecule has 180 valence electrons. The molecule has 0 aliphatic heterocycles. The number of aromatic nitrogens is 4. The lowest BCUT2D eigenvalue weighted by atomic mass is 10.1. The third kappa shape index (κ3) is 6.52. The first-order valence-corrected chi connectivity index (χ1v) is 11.0. The summed E-state index contributed by atoms with van der Waals surface area (Å²) in [6, 6.07) is 6.14. The van der Waals surface area contributed by atoms with Crippen molar-refractivity contribution in [1.29, 1.82) is 5.26 Å². The van der Waals surface area contributed by atoms with Gasteiger partial charge in [-0.2, -0.15) is 14.9 Å². The van der Waals surface area contributed by atoms with Crippen LogP contribution in [0.25, 0.3) is 5.13 Å². The zero-order valence-corrected chi connectivity index (χ0v) is 19.4. The largest absolute Gasteiger partial charge is 0.573 e. The average Bonchev–Trinajstić information content (AvgIpc) is 3.39. The first-order chi connectivity index (χ1) is 16.2. The Morgan fingerprint density at radius 3 is 2.59 bits per heavy atom. The van der Waals surface area contributed by atoms with E-state index in [9.17, 15) is 18.0 Å². The molecule has 0 amide bonds. The molecule has 0 unspecified atom stereocenters. The first kappa shape index (κ1) is 25.1. The van der Waals surface area contributed by atoms with Crippen LogP contribution in [0.15, 0.2) is 24.4 Å². The number of nitrogens with zero attached hydrogens (tertiary/aromatic N) is 5. The number of aldehydes is 1. The Kier molecular flexibility index (Phi) is 7.85. The molecule has 1 atom stereocenters. The Morgan fingerprint density at radius 2 is 2.06 bits per heavy atom. The minimum Gasteiger partial charge on any atom is -0.406 e. The molecule has 2 N–H and O–H groups in total. The second-order valence-corrected chi connectivity index (χ2v) is 8.37. The van der Waals surface area contributed by atoms with Crippen molar-refractivity contribution in [1.82, 2.24) is 25.1 Å². The molecule has 13 heteroatoms. The third-order valence-corrected chi connectivity index (χ3v) is 5.71. The van der Waals surface area contributed by atoms with Crippen LogP contribution < -0.4 is 15.4 Å². The van der Waals surface area contributed by atoms with Crippen LogP contribution in [0, 0.1) is 11.3 Å². The second-order valence-electron chi connectivity index (χ2n) is 7.36. The van der Waals surface area contributed by atoms with Crippen molar-refractivity contribution in [3.8, 4) is 17.0 Å². The van der Waals surface area contributed by atoms with Gasteiger partial charge >= 0.3 is 6.36 Å². The molecule has 1 fully saturated rings. The third-order valence-electron chi connectivity index (χ3n) is 4.83. The second kappa shape index (κ2) is 10.6. The van der Waals surface area contributed by atoms with E-state index < -0.39 is 6.36 Å². The van der Waals surface area contributed by atoms with E-state index in [0.717, 1.165) is 30.3 Å². The van der Waals surface area contributed by atoms with Gasteiger partial charge in [-0.3, -0.25) is 4.79 Å². The number of carbonyl (C=O) groups excluding carboxylic acids is 1. The van der Waals surface area contributed by atoms with Gasteiger partial charge < -0.3 is 15.4 Å². The zero-order valence-electron chi connectivity index (χ0n) is 18.6. The fourth-order valence-electron chi connectivity index (χ4n) is 2.95. The number of ether oxygens (including phenoxy) is 1. The van der Waals surface area contributed by atoms with E-state index in [4.69, 9.17) is 5.26 Å². The highest BCUT2D eigenvalue weighted by Crippen LogP contribution is 2.42. The zero-order chi connectivity index (χ0) is 24.9. The van der Waals surface area contributed by atoms with E-state index in [1.807, 2.05) is 14.0 Å². The van der Waals surface area contributed by atoms with Crippen molar-refractivity contribution >= 4 is 23.6 Å². The number of benzene rings is 1. The maximum absolute atomic E-state index is 12.0. The van der Waals surface area contributed by atoms with Crippen molar-refractivity contribution in [3.05, 3.63) is 46.2 Å². The van der Waals surface area contributed by atoms with Gasteiger partial charge in [0, 0.05) is 12.6 Å². The fourth-order valence-corrected chi connectivity index (χ4v) is 3.63. The predicted molar refractivity (Wildman–Crippen MR) is 119 cm³/mol. The monoisotopic (exact) mass is 493 g/mol. The van der Waals surface area contributed by atoms with Crippen molar-refractivity contribution < 1.29 is 22.7 Å². The molecular formula is C21H22F3N7O2S. The van der Waals surface area contributed by atoms with E-state index >= 15 is 0 Å². The quantitative estimate of drug-likeness (QED) is 0.471. The average molecular weight is 494 g/mol. The highest BCUT2D eigenvalue weighted by molar-refractivity contribution is 7.14. The van der Waals surface area contributed by atoms with E-state index in [1.165, 1.54) is 23.6 Å². The Balaban J connectivity index is 0.000000192. The van der Waals surface area contributed by atoms with Gasteiger partial charge in [0.05, 0.1) is 12.2 Å². The van der Waals surface area contributed by atoms with Crippen LogP contribution in [0.2, 0.25) is 0 Å². The summed E-state index contributed by atoms with van der Waals surface area (Å²) < 4.78 is 41.5. The molecule has 0 bridgehead atoms. The van der Waals surface area contributed by atoms with Crippen molar-refractivity contribution in [2.24, 2.45) is 0 Å². The summed E-state index contributed by atoms with van der Waals surface area (Å²) >= 11 is 1.28. The highest BCUT2D eigenvalue weighted by atomic mass is 32.1. The SMILES string of the molecule is CNc1nc([C@H](C)NC)n(-c2ncc(C#N)s2)n1.O=Cc1cc(OC(F)(F)F)cc(C2CC2)c1. The van der Waals surface area contributed by atoms with Gasteiger partial charge in [-0.1, -0.05) is 11.3 Å². The maximum Gasteiger partial charge on any atom is 0.573 e. The maximum atomic E-state index is 12.0. The number of halogens is 3. The number of hydrogen-bond acceptors (Lipinski definition) is 9. The molecule has 3 aromatic rings. The highest BCUT2D eigenvalue weighted by Gasteiger charge is 2.32. The number of hydrogen-bond donors (Lipinski definition) is 2. The Bertz CT molecular complexity index is 1180. The van der Waals surface area contributed by atoms with Crippen LogP contribution in [0.3, 0.4) is 0 Å². The minimum atomic E-state index is -4.72. The van der Waals surface area contributed by atoms with Gasteiger partial charge in [0.1, 0.15) is 23.0 Å². The van der Waals surface area contributed by atoms with Gasteiger partial charge in [0.25, 0.3) is 0 Å². The number of rotatable bonds is 7. The number of nitriles is 1. The van der Waals surface area contributed by atoms with E-state index in [2.05, 4.69) is 36.5 Å². The van der Waals surface area contributed by atoms with Crippen molar-refractivity contribution in [2.75, 3.05) is 19.4 Å². The van der Waals surface area contributed by atoms with Gasteiger partial charge in [-0.15, -0.1) is 18.3 Å². The number of alkyl halides is 3. The molecule has 0 saturated heterocycles. The molecule has 9 nitrogen and oxygen atoms in total. The first-order valence-electron chi connectivity index (χ1n) is 10.2. The van der Waals surface area contributed by atoms with Gasteiger partial charge in [-0.05, 0) is 56.5 Å². The summed E-state index contributed by atoms with van der Waals surface area (Å²) in [5.41, 5.74) is 0.951. The van der Waals surface area contributed by atoms with E-state index in [1.54, 1.807) is 17.8 Å². The van der Waals surface area contributed by atoms with Crippen LogP contribution in [0.1, 0.15) is 58.3 Å². The molecular weight excluding hydrogens is 471 g/mol. The number of anilines is 1. The summed E-state index contributed by atoms with van der Waals surface area (Å²) in [5.74, 6) is 1.23. The smallest absolute Gasteiger partial charge is 0.406 e. The van der Waals surface area contributed by atoms with Gasteiger partial charge in [-0.25, -0.2) is 4.98 Å². The molecule has 1 aliphatic rings. The van der Waals surface area contributed by atoms with Crippen LogP contribution in [-0.2, 0) is 0 Å². The molecule has 34 heavy (non-hydrogen) atoms. The number of nitrogens with one attached hydrogen (secondary N) is 2. The summed E-state index contributed by atoms with van der Waals surface area (Å²) in [7, 11) is 3.61. The molecule has 1 aliphatic carbocycles. The van der Waals surface area contributed by atoms with E-state index in [-0.39, 0.29) is 23.3 Å². The molecule has 0 radical (unpaired) electrons. The fraction of sp³-hybridized carbons (Fsp3) is 0.381. The summed E-state index contributed by atoms with van der Waals surface area (Å²) in [6.45, 7) is 1.98. The predicted octanol–water partition coefficient (Wildman–Crippen LogP) is 4.19. The molecule has 2 aromatic heterocycles. The minimum absolute atomic E-state index is 0.0361. The van der Waals surface area contributed by atoms with Gasteiger partial charge in [0.15, 0.2) is 5.82 Å². The van der Waals surface area contributed by atoms with E-state index in [0.29, 0.717) is 22.2 Å². The van der Waals surface area contributed by atoms with Crippen molar-refractivity contribution in [2.45, 2.75) is 38.1 Å². The topological polar surface area (TPSA) is 118 Å². The number of thiazole rings is 1.